The lowest BCUT2D eigenvalue weighted by Gasteiger charge is -2.27. The van der Waals surface area contributed by atoms with Crippen LogP contribution in [-0.2, 0) is 22.6 Å². The van der Waals surface area contributed by atoms with Crippen LogP contribution in [-0.4, -0.2) is 53.1 Å². The molecule has 1 aliphatic heterocycles. The Morgan fingerprint density at radius 1 is 0.971 bits per heavy atom. The predicted octanol–water partition coefficient (Wildman–Crippen LogP) is 2.87. The molecule has 3 aromatic rings. The number of nitrogens with zero attached hydrogens (tertiary/aromatic N) is 3. The number of para-hydroxylation sites is 1. The topological polar surface area (TPSA) is 98.4 Å². The number of aromatic amines is 1. The summed E-state index contributed by atoms with van der Waals surface area (Å²) in [5.41, 5.74) is 2.32. The van der Waals surface area contributed by atoms with Crippen molar-refractivity contribution < 1.29 is 9.59 Å². The summed E-state index contributed by atoms with van der Waals surface area (Å²) in [5.74, 6) is 0.325. The molecule has 1 aromatic heterocycles. The van der Waals surface area contributed by atoms with Gasteiger partial charge in [-0.25, -0.2) is 5.10 Å². The van der Waals surface area contributed by atoms with Gasteiger partial charge in [0.15, 0.2) is 0 Å². The Labute approximate surface area is 205 Å². The highest BCUT2D eigenvalue weighted by molar-refractivity contribution is 5.94. The van der Waals surface area contributed by atoms with E-state index in [2.05, 4.69) is 15.5 Å². The fraction of sp³-hybridized carbons (Fsp3) is 0.407. The van der Waals surface area contributed by atoms with Crippen molar-refractivity contribution in [3.63, 3.8) is 0 Å². The van der Waals surface area contributed by atoms with Crippen LogP contribution in [0, 0.1) is 5.92 Å². The molecular weight excluding hydrogens is 442 g/mol. The van der Waals surface area contributed by atoms with Gasteiger partial charge in [-0.15, -0.1) is 0 Å². The van der Waals surface area contributed by atoms with Crippen molar-refractivity contribution >= 4 is 28.3 Å². The molecular formula is C27H33N5O3. The third kappa shape index (κ3) is 5.95. The van der Waals surface area contributed by atoms with Crippen LogP contribution in [0.15, 0.2) is 53.3 Å². The highest BCUT2D eigenvalue weighted by Crippen LogP contribution is 2.23. The number of amides is 2. The van der Waals surface area contributed by atoms with Gasteiger partial charge in [-0.1, -0.05) is 50.2 Å². The number of carbonyl (C=O) groups excluding carboxylic acids is 2. The zero-order valence-corrected chi connectivity index (χ0v) is 20.4. The molecule has 0 saturated heterocycles. The number of hydrogen-bond donors (Lipinski definition) is 2. The number of nitrogens with one attached hydrogen (secondary N) is 2. The van der Waals surface area contributed by atoms with Crippen LogP contribution in [0.1, 0.15) is 37.9 Å². The molecule has 2 aromatic carbocycles. The van der Waals surface area contributed by atoms with Gasteiger partial charge in [0.25, 0.3) is 5.56 Å². The molecule has 0 saturated carbocycles. The first-order valence-electron chi connectivity index (χ1n) is 12.3. The second-order valence-corrected chi connectivity index (χ2v) is 9.40. The van der Waals surface area contributed by atoms with Gasteiger partial charge in [0.05, 0.1) is 17.5 Å². The molecule has 0 radical (unpaired) electrons. The Bertz CT molecular complexity index is 1250. The highest BCUT2D eigenvalue weighted by atomic mass is 16.2. The van der Waals surface area contributed by atoms with Gasteiger partial charge in [-0.2, -0.15) is 5.10 Å². The lowest BCUT2D eigenvalue weighted by molar-refractivity contribution is -0.130. The van der Waals surface area contributed by atoms with Gasteiger partial charge >= 0.3 is 0 Å². The maximum absolute atomic E-state index is 13.3. The summed E-state index contributed by atoms with van der Waals surface area (Å²) in [6.45, 7) is 7.00. The maximum Gasteiger partial charge on any atom is 0.272 e. The van der Waals surface area contributed by atoms with E-state index in [1.54, 1.807) is 12.1 Å². The van der Waals surface area contributed by atoms with E-state index in [0.29, 0.717) is 62.0 Å². The van der Waals surface area contributed by atoms with Crippen LogP contribution in [0.2, 0.25) is 0 Å². The Morgan fingerprint density at radius 2 is 1.71 bits per heavy atom. The zero-order valence-electron chi connectivity index (χ0n) is 20.4. The molecule has 0 spiro atoms. The van der Waals surface area contributed by atoms with Gasteiger partial charge in [0, 0.05) is 50.2 Å². The summed E-state index contributed by atoms with van der Waals surface area (Å²) in [6.07, 6.45) is 1.26. The summed E-state index contributed by atoms with van der Waals surface area (Å²) < 4.78 is 0. The zero-order chi connectivity index (χ0) is 24.8. The van der Waals surface area contributed by atoms with Gasteiger partial charge in [-0.05, 0) is 30.0 Å². The maximum atomic E-state index is 13.3. The first-order chi connectivity index (χ1) is 16.9. The molecule has 8 nitrogen and oxygen atoms in total. The van der Waals surface area contributed by atoms with Gasteiger partial charge < -0.3 is 15.1 Å². The molecule has 184 valence electrons. The molecule has 0 unspecified atom stereocenters. The van der Waals surface area contributed by atoms with E-state index in [1.165, 1.54) is 0 Å². The monoisotopic (exact) mass is 475 g/mol. The van der Waals surface area contributed by atoms with Crippen molar-refractivity contribution in [3.8, 4) is 0 Å². The molecule has 0 atom stereocenters. The molecule has 2 N–H and O–H groups in total. The van der Waals surface area contributed by atoms with E-state index in [4.69, 9.17) is 0 Å². The number of rotatable bonds is 4. The smallest absolute Gasteiger partial charge is 0.272 e. The minimum Gasteiger partial charge on any atom is -0.341 e. The molecule has 0 fully saturated rings. The first kappa shape index (κ1) is 24.6. The van der Waals surface area contributed by atoms with Crippen LogP contribution in [0.5, 0.6) is 0 Å². The second kappa shape index (κ2) is 11.3. The fourth-order valence-corrected chi connectivity index (χ4v) is 4.54. The average molecular weight is 476 g/mol. The number of benzene rings is 2. The lowest BCUT2D eigenvalue weighted by Crippen LogP contribution is -2.40. The van der Waals surface area contributed by atoms with Gasteiger partial charge in [0.1, 0.15) is 0 Å². The van der Waals surface area contributed by atoms with Crippen molar-refractivity contribution in [2.75, 3.05) is 31.1 Å². The summed E-state index contributed by atoms with van der Waals surface area (Å²) in [4.78, 5) is 42.2. The van der Waals surface area contributed by atoms with E-state index in [0.717, 1.165) is 11.3 Å². The van der Waals surface area contributed by atoms with E-state index < -0.39 is 0 Å². The van der Waals surface area contributed by atoms with E-state index in [-0.39, 0.29) is 29.7 Å². The largest absolute Gasteiger partial charge is 0.341 e. The second-order valence-electron chi connectivity index (χ2n) is 9.40. The molecule has 8 heteroatoms. The SMILES string of the molecule is CC(C)CC(=O)N1CCCN(C(=O)Cc2n[nH]c(=O)c3ccccc23)CCNCc2ccccc21. The molecule has 0 bridgehead atoms. The standard InChI is InChI=1S/C27H33N5O3/c1-19(2)16-26(34)32-14-7-13-31(15-12-28-18-20-8-3-6-11-24(20)32)25(33)17-23-21-9-4-5-10-22(21)27(35)30-29-23/h3-6,8-11,19,28H,7,12-18H2,1-2H3,(H,30,35). The van der Waals surface area contributed by atoms with E-state index in [1.807, 2.05) is 60.0 Å². The first-order valence-corrected chi connectivity index (χ1v) is 12.3. The summed E-state index contributed by atoms with van der Waals surface area (Å²) in [6, 6.07) is 15.2. The van der Waals surface area contributed by atoms with Crippen LogP contribution < -0.4 is 15.8 Å². The van der Waals surface area contributed by atoms with Crippen molar-refractivity contribution in [1.29, 1.82) is 0 Å². The van der Waals surface area contributed by atoms with Crippen molar-refractivity contribution in [3.05, 3.63) is 70.1 Å². The Balaban J connectivity index is 1.52. The molecule has 2 amide bonds. The van der Waals surface area contributed by atoms with Crippen molar-refractivity contribution in [2.24, 2.45) is 5.92 Å². The lowest BCUT2D eigenvalue weighted by atomic mass is 10.1. The third-order valence-electron chi connectivity index (χ3n) is 6.30. The van der Waals surface area contributed by atoms with Crippen LogP contribution >= 0.6 is 0 Å². The minimum absolute atomic E-state index is 0.0479. The summed E-state index contributed by atoms with van der Waals surface area (Å²) in [7, 11) is 0. The normalized spacial score (nSPS) is 15.1. The highest BCUT2D eigenvalue weighted by Gasteiger charge is 2.22. The average Bonchev–Trinajstić information content (AvgIpc) is 2.88. The third-order valence-corrected chi connectivity index (χ3v) is 6.30. The molecule has 2 heterocycles. The number of anilines is 1. The number of fused-ring (bicyclic) bond motifs is 2. The Hall–Kier alpha value is -3.52. The number of carbonyl (C=O) groups is 2. The summed E-state index contributed by atoms with van der Waals surface area (Å²) in [5, 5.41) is 11.3. The Morgan fingerprint density at radius 3 is 2.51 bits per heavy atom. The molecule has 0 aliphatic carbocycles. The van der Waals surface area contributed by atoms with E-state index in [9.17, 15) is 14.4 Å². The van der Waals surface area contributed by atoms with Gasteiger partial charge in [0.2, 0.25) is 11.8 Å². The summed E-state index contributed by atoms with van der Waals surface area (Å²) >= 11 is 0. The van der Waals surface area contributed by atoms with Crippen LogP contribution in [0.4, 0.5) is 5.69 Å². The predicted molar refractivity (Wildman–Crippen MR) is 137 cm³/mol. The van der Waals surface area contributed by atoms with Gasteiger partial charge in [-0.3, -0.25) is 14.4 Å². The van der Waals surface area contributed by atoms with E-state index >= 15 is 0 Å². The van der Waals surface area contributed by atoms with Crippen molar-refractivity contribution in [2.45, 2.75) is 39.7 Å². The van der Waals surface area contributed by atoms with Crippen LogP contribution in [0.25, 0.3) is 10.8 Å². The Kier molecular flexibility index (Phi) is 7.92. The quantitative estimate of drug-likeness (QED) is 0.605. The minimum atomic E-state index is -0.262. The number of H-pyrrole nitrogens is 1. The fourth-order valence-electron chi connectivity index (χ4n) is 4.54. The van der Waals surface area contributed by atoms with Crippen molar-refractivity contribution in [1.82, 2.24) is 20.4 Å². The molecule has 4 rings (SSSR count). The molecule has 35 heavy (non-hydrogen) atoms. The molecule has 1 aliphatic rings. The number of aromatic nitrogens is 2. The van der Waals surface area contributed by atoms with Crippen LogP contribution in [0.3, 0.4) is 0 Å². The number of hydrogen-bond acceptors (Lipinski definition) is 5.